The molecule has 11 nitrogen and oxygen atoms in total. The molecule has 0 radical (unpaired) electrons. The second kappa shape index (κ2) is 6.83. The van der Waals surface area contributed by atoms with E-state index in [0.29, 0.717) is 17.8 Å². The highest BCUT2D eigenvalue weighted by molar-refractivity contribution is 5.82. The molecule has 132 valence electrons. The molecule has 11 heteroatoms. The van der Waals surface area contributed by atoms with Gasteiger partial charge in [-0.05, 0) is 0 Å². The zero-order valence-corrected chi connectivity index (χ0v) is 13.1. The van der Waals surface area contributed by atoms with Crippen LogP contribution in [0.25, 0.3) is 11.2 Å². The maximum atomic E-state index is 10.3. The second-order valence-electron chi connectivity index (χ2n) is 5.36. The van der Waals surface area contributed by atoms with Crippen molar-refractivity contribution in [2.45, 2.75) is 24.5 Å². The highest BCUT2D eigenvalue weighted by atomic mass is 16.6. The number of aromatic nitrogens is 4. The van der Waals surface area contributed by atoms with Crippen LogP contribution in [0.1, 0.15) is 6.23 Å². The number of nitrogen functional groups attached to an aromatic ring is 2. The van der Waals surface area contributed by atoms with E-state index in [2.05, 4.69) is 15.0 Å². The summed E-state index contributed by atoms with van der Waals surface area (Å²) in [5.74, 6) is 0.140. The van der Waals surface area contributed by atoms with Crippen molar-refractivity contribution in [3.8, 4) is 0 Å². The highest BCUT2D eigenvalue weighted by Crippen LogP contribution is 2.34. The summed E-state index contributed by atoms with van der Waals surface area (Å²) in [5, 5.41) is 19.7. The Morgan fingerprint density at radius 1 is 1.33 bits per heavy atom. The molecular formula is C13H20N6O5. The minimum Gasteiger partial charge on any atom is -0.394 e. The first kappa shape index (κ1) is 16.8. The second-order valence-corrected chi connectivity index (χ2v) is 5.36. The third kappa shape index (κ3) is 2.87. The van der Waals surface area contributed by atoms with Gasteiger partial charge < -0.3 is 35.9 Å². The van der Waals surface area contributed by atoms with Gasteiger partial charge >= 0.3 is 0 Å². The molecule has 24 heavy (non-hydrogen) atoms. The van der Waals surface area contributed by atoms with Crippen molar-refractivity contribution in [3.05, 3.63) is 6.33 Å². The Morgan fingerprint density at radius 2 is 2.12 bits per heavy atom. The van der Waals surface area contributed by atoms with Crippen molar-refractivity contribution in [1.82, 2.24) is 19.5 Å². The Kier molecular flexibility index (Phi) is 4.78. The number of rotatable bonds is 6. The molecule has 0 amide bonds. The van der Waals surface area contributed by atoms with Crippen molar-refractivity contribution in [1.29, 1.82) is 0 Å². The fraction of sp³-hybridized carbons (Fsp3) is 0.615. The average Bonchev–Trinajstić information content (AvgIpc) is 3.09. The van der Waals surface area contributed by atoms with Gasteiger partial charge in [0, 0.05) is 7.11 Å². The van der Waals surface area contributed by atoms with Gasteiger partial charge in [0.05, 0.1) is 26.1 Å². The lowest BCUT2D eigenvalue weighted by molar-refractivity contribution is -0.0785. The number of hydrogen-bond donors (Lipinski definition) is 4. The van der Waals surface area contributed by atoms with E-state index in [1.807, 2.05) is 0 Å². The van der Waals surface area contributed by atoms with Crippen LogP contribution in [-0.2, 0) is 14.2 Å². The van der Waals surface area contributed by atoms with Crippen molar-refractivity contribution in [3.63, 3.8) is 0 Å². The molecule has 2 aromatic rings. The number of nitrogens with zero attached hydrogens (tertiary/aromatic N) is 4. The summed E-state index contributed by atoms with van der Waals surface area (Å²) in [5.41, 5.74) is 12.2. The van der Waals surface area contributed by atoms with Gasteiger partial charge in [-0.3, -0.25) is 4.57 Å². The zero-order chi connectivity index (χ0) is 17.3. The normalized spacial score (nSPS) is 27.1. The Hall–Kier alpha value is -2.05. The maximum Gasteiger partial charge on any atom is 0.224 e. The van der Waals surface area contributed by atoms with Crippen LogP contribution in [0.4, 0.5) is 11.8 Å². The number of nitrogens with two attached hydrogens (primary N) is 2. The van der Waals surface area contributed by atoms with Crippen LogP contribution in [-0.4, -0.2) is 75.0 Å². The third-order valence-corrected chi connectivity index (χ3v) is 3.83. The fourth-order valence-electron chi connectivity index (χ4n) is 2.68. The first-order valence-corrected chi connectivity index (χ1v) is 7.37. The third-order valence-electron chi connectivity index (χ3n) is 3.83. The van der Waals surface area contributed by atoms with E-state index in [9.17, 15) is 10.2 Å². The summed E-state index contributed by atoms with van der Waals surface area (Å²) in [6.07, 6.45) is -1.86. The number of imidazole rings is 1. The first-order valence-electron chi connectivity index (χ1n) is 7.37. The number of methoxy groups -OCH3 is 1. The number of anilines is 2. The lowest BCUT2D eigenvalue weighted by Crippen LogP contribution is -2.36. The molecule has 1 aliphatic rings. The van der Waals surface area contributed by atoms with Crippen LogP contribution in [0.15, 0.2) is 6.33 Å². The number of aliphatic hydroxyl groups is 2. The molecule has 6 N–H and O–H groups in total. The van der Waals surface area contributed by atoms with E-state index < -0.39 is 24.5 Å². The molecule has 3 rings (SSSR count). The Bertz CT molecular complexity index is 709. The molecule has 0 saturated carbocycles. The van der Waals surface area contributed by atoms with Crippen LogP contribution in [0.2, 0.25) is 0 Å². The van der Waals surface area contributed by atoms with Gasteiger partial charge in [0.25, 0.3) is 0 Å². The molecular weight excluding hydrogens is 320 g/mol. The molecule has 0 aromatic carbocycles. The molecule has 1 fully saturated rings. The first-order chi connectivity index (χ1) is 11.6. The Labute approximate surface area is 137 Å². The van der Waals surface area contributed by atoms with Crippen LogP contribution < -0.4 is 11.5 Å². The van der Waals surface area contributed by atoms with Crippen molar-refractivity contribution in [2.24, 2.45) is 0 Å². The van der Waals surface area contributed by atoms with E-state index >= 15 is 0 Å². The molecule has 2 aromatic heterocycles. The lowest BCUT2D eigenvalue weighted by Gasteiger charge is -2.22. The summed E-state index contributed by atoms with van der Waals surface area (Å²) < 4.78 is 17.9. The summed E-state index contributed by atoms with van der Waals surface area (Å²) in [7, 11) is 1.55. The predicted molar refractivity (Wildman–Crippen MR) is 82.8 cm³/mol. The monoisotopic (exact) mass is 340 g/mol. The van der Waals surface area contributed by atoms with Gasteiger partial charge in [0.2, 0.25) is 5.95 Å². The zero-order valence-electron chi connectivity index (χ0n) is 13.1. The Morgan fingerprint density at radius 3 is 2.83 bits per heavy atom. The van der Waals surface area contributed by atoms with Crippen molar-refractivity contribution >= 4 is 22.9 Å². The quantitative estimate of drug-likeness (QED) is 0.444. The van der Waals surface area contributed by atoms with E-state index in [1.54, 1.807) is 11.7 Å². The lowest BCUT2D eigenvalue weighted by atomic mass is 10.1. The minimum absolute atomic E-state index is 0.00384. The average molecular weight is 340 g/mol. The number of aliphatic hydroxyl groups excluding tert-OH is 2. The number of fused-ring (bicyclic) bond motifs is 1. The van der Waals surface area contributed by atoms with Gasteiger partial charge in [-0.15, -0.1) is 0 Å². The largest absolute Gasteiger partial charge is 0.394 e. The summed E-state index contributed by atoms with van der Waals surface area (Å²) in [6.45, 7) is 0.252. The summed E-state index contributed by atoms with van der Waals surface area (Å²) >= 11 is 0. The summed E-state index contributed by atoms with van der Waals surface area (Å²) in [4.78, 5) is 12.2. The molecule has 0 bridgehead atoms. The molecule has 1 aliphatic heterocycles. The Balaban J connectivity index is 1.96. The van der Waals surface area contributed by atoms with Gasteiger partial charge in [-0.25, -0.2) is 4.98 Å². The highest BCUT2D eigenvalue weighted by Gasteiger charge is 2.45. The van der Waals surface area contributed by atoms with Crippen LogP contribution >= 0.6 is 0 Å². The minimum atomic E-state index is -1.02. The number of hydrogen-bond acceptors (Lipinski definition) is 10. The van der Waals surface area contributed by atoms with E-state index in [0.717, 1.165) is 0 Å². The molecule has 0 spiro atoms. The maximum absolute atomic E-state index is 10.3. The molecule has 4 atom stereocenters. The van der Waals surface area contributed by atoms with Gasteiger partial charge in [0.15, 0.2) is 17.7 Å². The molecule has 3 heterocycles. The molecule has 1 saturated heterocycles. The predicted octanol–water partition coefficient (Wildman–Crippen LogP) is -1.73. The van der Waals surface area contributed by atoms with E-state index in [-0.39, 0.29) is 25.0 Å². The van der Waals surface area contributed by atoms with E-state index in [4.69, 9.17) is 25.7 Å². The molecule has 1 unspecified atom stereocenters. The SMILES string of the molecule is COCCO[C@H]1C(O)[C@@H](CO)O[C@H]1n1cnc2c(N)nc(N)nc21. The van der Waals surface area contributed by atoms with Crippen LogP contribution in [0, 0.1) is 0 Å². The van der Waals surface area contributed by atoms with Gasteiger partial charge in [0.1, 0.15) is 23.8 Å². The number of ether oxygens (including phenoxy) is 3. The van der Waals surface area contributed by atoms with Crippen LogP contribution in [0.5, 0.6) is 0 Å². The topological polar surface area (TPSA) is 164 Å². The molecule has 0 aliphatic carbocycles. The fourth-order valence-corrected chi connectivity index (χ4v) is 2.68. The van der Waals surface area contributed by atoms with Crippen molar-refractivity contribution < 1.29 is 24.4 Å². The summed E-state index contributed by atoms with van der Waals surface area (Å²) in [6, 6.07) is 0. The van der Waals surface area contributed by atoms with Crippen LogP contribution in [0.3, 0.4) is 0 Å². The van der Waals surface area contributed by atoms with Gasteiger partial charge in [-0.1, -0.05) is 0 Å². The van der Waals surface area contributed by atoms with Crippen molar-refractivity contribution in [2.75, 3.05) is 38.4 Å². The smallest absolute Gasteiger partial charge is 0.224 e. The standard InChI is InChI=1S/C13H20N6O5/c1-22-2-3-23-9-8(21)6(4-20)24-12(9)19-5-16-7-10(14)17-13(15)18-11(7)19/h5-6,8-9,12,20-21H,2-4H2,1H3,(H4,14,15,17,18)/t6-,8?,9+,12-/m1/s1. The van der Waals surface area contributed by atoms with E-state index in [1.165, 1.54) is 6.33 Å². The van der Waals surface area contributed by atoms with Gasteiger partial charge in [-0.2, -0.15) is 9.97 Å².